The van der Waals surface area contributed by atoms with Crippen LogP contribution in [0, 0.1) is 0 Å². The van der Waals surface area contributed by atoms with Gasteiger partial charge in [-0.25, -0.2) is 4.68 Å². The van der Waals surface area contributed by atoms with Crippen molar-refractivity contribution in [1.82, 2.24) is 39.8 Å². The van der Waals surface area contributed by atoms with Gasteiger partial charge in [-0.1, -0.05) is 0 Å². The lowest BCUT2D eigenvalue weighted by Gasteiger charge is -2.34. The quantitative estimate of drug-likeness (QED) is 0.667. The highest BCUT2D eigenvalue weighted by Crippen LogP contribution is 2.07. The fraction of sp³-hybridized carbons (Fsp3) is 0.538. The lowest BCUT2D eigenvalue weighted by Crippen LogP contribution is -2.51. The Morgan fingerprint density at radius 1 is 1.13 bits per heavy atom. The summed E-state index contributed by atoms with van der Waals surface area (Å²) in [5, 5.41) is 14.7. The minimum atomic E-state index is -0.0448. The van der Waals surface area contributed by atoms with Gasteiger partial charge in [0.2, 0.25) is 11.8 Å². The third-order valence-corrected chi connectivity index (χ3v) is 3.79. The number of tetrazole rings is 1. The number of aromatic nitrogens is 6. The Labute approximate surface area is 132 Å². The maximum atomic E-state index is 12.3. The van der Waals surface area contributed by atoms with Crippen molar-refractivity contribution < 1.29 is 9.59 Å². The van der Waals surface area contributed by atoms with Crippen molar-refractivity contribution in [3.8, 4) is 0 Å². The van der Waals surface area contributed by atoms with Crippen molar-refractivity contribution in [2.75, 3.05) is 26.2 Å². The summed E-state index contributed by atoms with van der Waals surface area (Å²) in [6, 6.07) is 0. The monoisotopic (exact) mass is 318 g/mol. The maximum Gasteiger partial charge on any atom is 0.244 e. The highest BCUT2D eigenvalue weighted by Gasteiger charge is 2.24. The van der Waals surface area contributed by atoms with Gasteiger partial charge in [-0.2, -0.15) is 5.10 Å². The van der Waals surface area contributed by atoms with E-state index in [1.54, 1.807) is 20.7 Å². The van der Waals surface area contributed by atoms with Crippen LogP contribution in [-0.2, 0) is 29.6 Å². The van der Waals surface area contributed by atoms with Crippen molar-refractivity contribution in [3.05, 3.63) is 24.3 Å². The molecule has 0 atom stereocenters. The third-order valence-electron chi connectivity index (χ3n) is 3.79. The molecular weight excluding hydrogens is 300 g/mol. The molecule has 0 aromatic carbocycles. The predicted octanol–water partition coefficient (Wildman–Crippen LogP) is -1.68. The van der Waals surface area contributed by atoms with E-state index in [-0.39, 0.29) is 18.4 Å². The van der Waals surface area contributed by atoms with Crippen LogP contribution in [0.4, 0.5) is 0 Å². The molecule has 0 N–H and O–H groups in total. The van der Waals surface area contributed by atoms with Gasteiger partial charge in [0.25, 0.3) is 0 Å². The molecule has 122 valence electrons. The van der Waals surface area contributed by atoms with Crippen molar-refractivity contribution in [1.29, 1.82) is 0 Å². The molecule has 0 bridgehead atoms. The van der Waals surface area contributed by atoms with Gasteiger partial charge in [0.1, 0.15) is 12.9 Å². The topological polar surface area (TPSA) is 102 Å². The van der Waals surface area contributed by atoms with Crippen LogP contribution in [0.25, 0.3) is 0 Å². The normalized spacial score (nSPS) is 15.0. The second-order valence-electron chi connectivity index (χ2n) is 5.47. The van der Waals surface area contributed by atoms with E-state index in [0.717, 1.165) is 5.56 Å². The van der Waals surface area contributed by atoms with Crippen LogP contribution in [0.2, 0.25) is 0 Å². The van der Waals surface area contributed by atoms with Crippen molar-refractivity contribution in [2.45, 2.75) is 13.0 Å². The standard InChI is InChI=1S/C13H18N8O2/c1-18-8-11(7-15-18)6-12(22)19-2-4-20(5-3-19)13(23)9-21-10-14-16-17-21/h7-8,10H,2-6,9H2,1H3. The minimum absolute atomic E-state index is 0.0448. The Balaban J connectivity index is 1.47. The largest absolute Gasteiger partial charge is 0.339 e. The first-order valence-corrected chi connectivity index (χ1v) is 7.35. The Kier molecular flexibility index (Phi) is 4.31. The van der Waals surface area contributed by atoms with Crippen LogP contribution in [0.3, 0.4) is 0 Å². The van der Waals surface area contributed by atoms with Crippen LogP contribution in [0.1, 0.15) is 5.56 Å². The fourth-order valence-corrected chi connectivity index (χ4v) is 2.55. The highest BCUT2D eigenvalue weighted by molar-refractivity contribution is 5.79. The van der Waals surface area contributed by atoms with E-state index in [1.807, 2.05) is 13.2 Å². The molecule has 2 aromatic heterocycles. The SMILES string of the molecule is Cn1cc(CC(=O)N2CCN(C(=O)Cn3cnnn3)CC2)cn1. The Bertz CT molecular complexity index is 672. The molecule has 0 aliphatic carbocycles. The fourth-order valence-electron chi connectivity index (χ4n) is 2.55. The average molecular weight is 318 g/mol. The zero-order valence-electron chi connectivity index (χ0n) is 12.9. The summed E-state index contributed by atoms with van der Waals surface area (Å²) in [4.78, 5) is 27.9. The molecule has 0 unspecified atom stereocenters. The van der Waals surface area contributed by atoms with Crippen molar-refractivity contribution in [3.63, 3.8) is 0 Å². The molecule has 0 radical (unpaired) electrons. The lowest BCUT2D eigenvalue weighted by molar-refractivity contribution is -0.139. The molecule has 2 aromatic rings. The number of amides is 2. The lowest BCUT2D eigenvalue weighted by atomic mass is 10.2. The second-order valence-corrected chi connectivity index (χ2v) is 5.47. The zero-order valence-corrected chi connectivity index (χ0v) is 12.9. The molecule has 0 saturated carbocycles. The molecule has 1 aliphatic heterocycles. The Hall–Kier alpha value is -2.78. The van der Waals surface area contributed by atoms with E-state index in [2.05, 4.69) is 20.6 Å². The van der Waals surface area contributed by atoms with Crippen LogP contribution < -0.4 is 0 Å². The van der Waals surface area contributed by atoms with E-state index in [1.165, 1.54) is 11.0 Å². The summed E-state index contributed by atoms with van der Waals surface area (Å²) in [5.41, 5.74) is 0.898. The highest BCUT2D eigenvalue weighted by atomic mass is 16.2. The van der Waals surface area contributed by atoms with Crippen LogP contribution in [0.15, 0.2) is 18.7 Å². The van der Waals surface area contributed by atoms with E-state index >= 15 is 0 Å². The molecule has 3 heterocycles. The smallest absolute Gasteiger partial charge is 0.244 e. The first-order chi connectivity index (χ1) is 11.1. The predicted molar refractivity (Wildman–Crippen MR) is 77.9 cm³/mol. The molecule has 0 spiro atoms. The number of hydrogen-bond acceptors (Lipinski definition) is 6. The van der Waals surface area contributed by atoms with Gasteiger partial charge in [0.15, 0.2) is 0 Å². The van der Waals surface area contributed by atoms with Crippen LogP contribution in [0.5, 0.6) is 0 Å². The van der Waals surface area contributed by atoms with Crippen molar-refractivity contribution >= 4 is 11.8 Å². The summed E-state index contributed by atoms with van der Waals surface area (Å²) in [6.07, 6.45) is 5.28. The number of piperazine rings is 1. The van der Waals surface area contributed by atoms with E-state index in [0.29, 0.717) is 32.6 Å². The van der Waals surface area contributed by atoms with Crippen LogP contribution >= 0.6 is 0 Å². The number of carbonyl (C=O) groups is 2. The van der Waals surface area contributed by atoms with E-state index < -0.39 is 0 Å². The zero-order chi connectivity index (χ0) is 16.2. The second kappa shape index (κ2) is 6.55. The summed E-state index contributed by atoms with van der Waals surface area (Å²) in [5.74, 6) is 0.0160. The molecule has 2 amide bonds. The van der Waals surface area contributed by atoms with Crippen LogP contribution in [-0.4, -0.2) is 77.8 Å². The van der Waals surface area contributed by atoms with Gasteiger partial charge in [-0.15, -0.1) is 5.10 Å². The minimum Gasteiger partial charge on any atom is -0.339 e. The number of nitrogens with zero attached hydrogens (tertiary/aromatic N) is 8. The summed E-state index contributed by atoms with van der Waals surface area (Å²) in [6.45, 7) is 2.26. The first-order valence-electron chi connectivity index (χ1n) is 7.35. The summed E-state index contributed by atoms with van der Waals surface area (Å²) >= 11 is 0. The van der Waals surface area contributed by atoms with E-state index in [9.17, 15) is 9.59 Å². The van der Waals surface area contributed by atoms with Gasteiger partial charge < -0.3 is 9.80 Å². The Morgan fingerprint density at radius 2 is 1.83 bits per heavy atom. The summed E-state index contributed by atoms with van der Waals surface area (Å²) < 4.78 is 3.07. The molecule has 1 aliphatic rings. The molecule has 10 nitrogen and oxygen atoms in total. The molecule has 1 saturated heterocycles. The molecular formula is C13H18N8O2. The molecule has 1 fully saturated rings. The van der Waals surface area contributed by atoms with Gasteiger partial charge in [-0.3, -0.25) is 14.3 Å². The third kappa shape index (κ3) is 3.71. The number of rotatable bonds is 4. The van der Waals surface area contributed by atoms with E-state index in [4.69, 9.17) is 0 Å². The van der Waals surface area contributed by atoms with Gasteiger partial charge in [0.05, 0.1) is 12.6 Å². The van der Waals surface area contributed by atoms with Gasteiger partial charge >= 0.3 is 0 Å². The molecule has 23 heavy (non-hydrogen) atoms. The number of carbonyl (C=O) groups excluding carboxylic acids is 2. The number of hydrogen-bond donors (Lipinski definition) is 0. The Morgan fingerprint density at radius 3 is 2.39 bits per heavy atom. The number of aryl methyl sites for hydroxylation is 1. The summed E-state index contributed by atoms with van der Waals surface area (Å²) in [7, 11) is 1.82. The van der Waals surface area contributed by atoms with Gasteiger partial charge in [0, 0.05) is 39.4 Å². The first kappa shape index (κ1) is 15.1. The van der Waals surface area contributed by atoms with Crippen molar-refractivity contribution in [2.24, 2.45) is 7.05 Å². The molecule has 10 heteroatoms. The average Bonchev–Trinajstić information content (AvgIpc) is 3.19. The van der Waals surface area contributed by atoms with Gasteiger partial charge in [-0.05, 0) is 16.0 Å². The molecule has 3 rings (SSSR count). The maximum absolute atomic E-state index is 12.3.